The average Bonchev–Trinajstić information content (AvgIpc) is 2.71. The summed E-state index contributed by atoms with van der Waals surface area (Å²) >= 11 is 0. The van der Waals surface area contributed by atoms with Gasteiger partial charge in [-0.25, -0.2) is 0 Å². The summed E-state index contributed by atoms with van der Waals surface area (Å²) in [6.45, 7) is 6.74. The molecule has 0 aliphatic heterocycles. The second kappa shape index (κ2) is 5.97. The molecular weight excluding hydrogens is 236 g/mol. The zero-order valence-electron chi connectivity index (χ0n) is 11.0. The van der Waals surface area contributed by atoms with Gasteiger partial charge < -0.3 is 14.8 Å². The molecule has 18 heavy (non-hydrogen) atoms. The van der Waals surface area contributed by atoms with Gasteiger partial charge in [0, 0.05) is 12.6 Å². The molecule has 0 spiro atoms. The Labute approximate surface area is 106 Å². The number of hydrogen-bond donors (Lipinski definition) is 2. The minimum Gasteiger partial charge on any atom is -0.404 e. The van der Waals surface area contributed by atoms with E-state index in [1.54, 1.807) is 6.07 Å². The van der Waals surface area contributed by atoms with Crippen molar-refractivity contribution in [2.24, 2.45) is 5.41 Å². The first-order valence-corrected chi connectivity index (χ1v) is 5.92. The van der Waals surface area contributed by atoms with Crippen LogP contribution < -0.4 is 5.32 Å². The second-order valence-corrected chi connectivity index (χ2v) is 5.31. The second-order valence-electron chi connectivity index (χ2n) is 5.31. The van der Waals surface area contributed by atoms with E-state index < -0.39 is 4.92 Å². The zero-order valence-corrected chi connectivity index (χ0v) is 11.0. The van der Waals surface area contributed by atoms with Crippen molar-refractivity contribution in [1.82, 2.24) is 5.32 Å². The molecule has 6 nitrogen and oxygen atoms in total. The van der Waals surface area contributed by atoms with E-state index in [9.17, 15) is 10.1 Å². The number of nitrogens with one attached hydrogen (secondary N) is 1. The van der Waals surface area contributed by atoms with Crippen LogP contribution in [0.3, 0.4) is 0 Å². The summed E-state index contributed by atoms with van der Waals surface area (Å²) in [6.07, 6.45) is 0.631. The van der Waals surface area contributed by atoms with Crippen molar-refractivity contribution in [2.75, 3.05) is 6.61 Å². The van der Waals surface area contributed by atoms with Gasteiger partial charge >= 0.3 is 5.88 Å². The summed E-state index contributed by atoms with van der Waals surface area (Å²) in [6, 6.07) is 3.05. The molecule has 1 rings (SSSR count). The maximum atomic E-state index is 10.5. The fourth-order valence-electron chi connectivity index (χ4n) is 1.75. The van der Waals surface area contributed by atoms with Gasteiger partial charge in [-0.1, -0.05) is 20.8 Å². The summed E-state index contributed by atoms with van der Waals surface area (Å²) in [5.74, 6) is 0.273. The topological polar surface area (TPSA) is 88.5 Å². The Bertz CT molecular complexity index is 395. The molecule has 0 bridgehead atoms. The Hall–Kier alpha value is -1.40. The molecule has 1 atom stereocenters. The highest BCUT2D eigenvalue weighted by Gasteiger charge is 2.24. The Balaban J connectivity index is 2.58. The highest BCUT2D eigenvalue weighted by atomic mass is 16.6. The number of aliphatic hydroxyl groups excluding tert-OH is 1. The molecular formula is C12H20N2O4. The normalized spacial score (nSPS) is 13.6. The molecule has 0 amide bonds. The highest BCUT2D eigenvalue weighted by Crippen LogP contribution is 2.22. The quantitative estimate of drug-likeness (QED) is 0.601. The van der Waals surface area contributed by atoms with E-state index in [-0.39, 0.29) is 23.9 Å². The summed E-state index contributed by atoms with van der Waals surface area (Å²) in [4.78, 5) is 9.92. The molecule has 102 valence electrons. The molecule has 0 radical (unpaired) electrons. The van der Waals surface area contributed by atoms with Gasteiger partial charge in [0.15, 0.2) is 0 Å². The van der Waals surface area contributed by atoms with Gasteiger partial charge in [-0.15, -0.1) is 0 Å². The first-order chi connectivity index (χ1) is 8.34. The summed E-state index contributed by atoms with van der Waals surface area (Å²) in [7, 11) is 0. The predicted molar refractivity (Wildman–Crippen MR) is 67.1 cm³/mol. The van der Waals surface area contributed by atoms with E-state index >= 15 is 0 Å². The van der Waals surface area contributed by atoms with E-state index in [0.29, 0.717) is 18.7 Å². The molecule has 0 saturated heterocycles. The maximum absolute atomic E-state index is 10.5. The van der Waals surface area contributed by atoms with E-state index in [4.69, 9.17) is 9.52 Å². The molecule has 1 heterocycles. The van der Waals surface area contributed by atoms with Crippen LogP contribution in [0, 0.1) is 15.5 Å². The van der Waals surface area contributed by atoms with Crippen LogP contribution in [0.25, 0.3) is 0 Å². The van der Waals surface area contributed by atoms with Crippen molar-refractivity contribution >= 4 is 5.88 Å². The van der Waals surface area contributed by atoms with Gasteiger partial charge in [-0.3, -0.25) is 10.1 Å². The smallest absolute Gasteiger partial charge is 0.404 e. The van der Waals surface area contributed by atoms with Crippen LogP contribution >= 0.6 is 0 Å². The average molecular weight is 256 g/mol. The molecule has 0 aliphatic rings. The van der Waals surface area contributed by atoms with Crippen molar-refractivity contribution in [3.63, 3.8) is 0 Å². The molecule has 0 fully saturated rings. The molecule has 2 N–H and O–H groups in total. The Kier molecular flexibility index (Phi) is 4.86. The van der Waals surface area contributed by atoms with Crippen molar-refractivity contribution in [1.29, 1.82) is 0 Å². The molecule has 0 aliphatic carbocycles. The molecule has 0 aromatic carbocycles. The Morgan fingerprint density at radius 1 is 1.50 bits per heavy atom. The lowest BCUT2D eigenvalue weighted by Crippen LogP contribution is -2.40. The van der Waals surface area contributed by atoms with Crippen molar-refractivity contribution in [2.45, 2.75) is 39.8 Å². The van der Waals surface area contributed by atoms with Crippen molar-refractivity contribution in [3.8, 4) is 0 Å². The number of nitro groups is 1. The van der Waals surface area contributed by atoms with Gasteiger partial charge in [-0.2, -0.15) is 0 Å². The highest BCUT2D eigenvalue weighted by molar-refractivity contribution is 5.17. The minimum atomic E-state index is -0.557. The standard InChI is InChI=1S/C12H20N2O4/c1-12(2,3)10(6-7-15)13-8-9-4-5-11(18-9)14(16)17/h4-5,10,13,15H,6-8H2,1-3H3. The lowest BCUT2D eigenvalue weighted by Gasteiger charge is -2.31. The third kappa shape index (κ3) is 4.12. The van der Waals surface area contributed by atoms with Gasteiger partial charge in [-0.05, 0) is 17.9 Å². The van der Waals surface area contributed by atoms with Crippen LogP contribution in [0.2, 0.25) is 0 Å². The van der Waals surface area contributed by atoms with Crippen LogP contribution in [0.4, 0.5) is 5.88 Å². The maximum Gasteiger partial charge on any atom is 0.433 e. The predicted octanol–water partition coefficient (Wildman–Crippen LogP) is 2.07. The van der Waals surface area contributed by atoms with Crippen molar-refractivity contribution in [3.05, 3.63) is 28.0 Å². The first-order valence-electron chi connectivity index (χ1n) is 5.92. The monoisotopic (exact) mass is 256 g/mol. The van der Waals surface area contributed by atoms with E-state index in [0.717, 1.165) is 0 Å². The van der Waals surface area contributed by atoms with Gasteiger partial charge in [0.05, 0.1) is 12.6 Å². The molecule has 6 heteroatoms. The number of nitrogens with zero attached hydrogens (tertiary/aromatic N) is 1. The third-order valence-corrected chi connectivity index (χ3v) is 2.81. The van der Waals surface area contributed by atoms with Crippen molar-refractivity contribution < 1.29 is 14.4 Å². The summed E-state index contributed by atoms with van der Waals surface area (Å²) in [5, 5.41) is 22.7. The Morgan fingerprint density at radius 2 is 2.17 bits per heavy atom. The fourth-order valence-corrected chi connectivity index (χ4v) is 1.75. The van der Waals surface area contributed by atoms with Crippen LogP contribution in [0.1, 0.15) is 33.0 Å². The molecule has 1 aromatic rings. The van der Waals surface area contributed by atoms with Crippen LogP contribution in [0.15, 0.2) is 16.5 Å². The number of aliphatic hydroxyl groups is 1. The lowest BCUT2D eigenvalue weighted by molar-refractivity contribution is -0.402. The molecule has 1 aromatic heterocycles. The van der Waals surface area contributed by atoms with Crippen LogP contribution in [-0.2, 0) is 6.54 Å². The Morgan fingerprint density at radius 3 is 2.61 bits per heavy atom. The summed E-state index contributed by atoms with van der Waals surface area (Å²) < 4.78 is 5.06. The molecule has 1 unspecified atom stereocenters. The van der Waals surface area contributed by atoms with Gasteiger partial charge in [0.25, 0.3) is 0 Å². The lowest BCUT2D eigenvalue weighted by atomic mass is 9.85. The number of rotatable bonds is 6. The largest absolute Gasteiger partial charge is 0.433 e. The van der Waals surface area contributed by atoms with E-state index in [2.05, 4.69) is 26.1 Å². The summed E-state index contributed by atoms with van der Waals surface area (Å²) in [5.41, 5.74) is 0.00125. The van der Waals surface area contributed by atoms with Crippen LogP contribution in [0.5, 0.6) is 0 Å². The number of hydrogen-bond acceptors (Lipinski definition) is 5. The van der Waals surface area contributed by atoms with E-state index in [1.165, 1.54) is 6.07 Å². The zero-order chi connectivity index (χ0) is 13.8. The number of furan rings is 1. The first kappa shape index (κ1) is 14.7. The van der Waals surface area contributed by atoms with Crippen LogP contribution in [-0.4, -0.2) is 22.7 Å². The minimum absolute atomic E-state index is 0.00125. The SMILES string of the molecule is CC(C)(C)C(CCO)NCc1ccc([N+](=O)[O-])o1. The van der Waals surface area contributed by atoms with Gasteiger partial charge in [0.1, 0.15) is 10.7 Å². The molecule has 0 saturated carbocycles. The van der Waals surface area contributed by atoms with E-state index in [1.807, 2.05) is 0 Å². The third-order valence-electron chi connectivity index (χ3n) is 2.81. The fraction of sp³-hybridized carbons (Fsp3) is 0.667. The van der Waals surface area contributed by atoms with Gasteiger partial charge in [0.2, 0.25) is 0 Å².